The van der Waals surface area contributed by atoms with Crippen LogP contribution in [0, 0.1) is 18.7 Å². The Hall–Kier alpha value is -2.16. The molecule has 2 aromatic rings. The van der Waals surface area contributed by atoms with Crippen LogP contribution in [-0.2, 0) is 0 Å². The number of halogens is 1. The number of esters is 1. The summed E-state index contributed by atoms with van der Waals surface area (Å²) in [4.78, 5) is 12.2. The molecule has 0 atom stereocenters. The minimum Gasteiger partial charge on any atom is -0.423 e. The average molecular weight is 340 g/mol. The van der Waals surface area contributed by atoms with Gasteiger partial charge in [0, 0.05) is 6.07 Å². The van der Waals surface area contributed by atoms with E-state index >= 15 is 0 Å². The first-order valence-corrected chi connectivity index (χ1v) is 9.15. The third kappa shape index (κ3) is 4.28. The fourth-order valence-electron chi connectivity index (χ4n) is 3.60. The van der Waals surface area contributed by atoms with Crippen LogP contribution in [0.15, 0.2) is 42.5 Å². The normalized spacial score (nSPS) is 20.3. The topological polar surface area (TPSA) is 26.3 Å². The molecule has 0 aromatic heterocycles. The lowest BCUT2D eigenvalue weighted by atomic mass is 9.78. The molecule has 0 unspecified atom stereocenters. The molecule has 0 heterocycles. The third-order valence-electron chi connectivity index (χ3n) is 5.40. The molecule has 0 bridgehead atoms. The maximum atomic E-state index is 13.6. The quantitative estimate of drug-likeness (QED) is 0.501. The van der Waals surface area contributed by atoms with Crippen LogP contribution in [0.4, 0.5) is 4.39 Å². The number of ether oxygens (including phenoxy) is 1. The highest BCUT2D eigenvalue weighted by Crippen LogP contribution is 2.36. The Kier molecular flexibility index (Phi) is 5.52. The van der Waals surface area contributed by atoms with E-state index in [0.717, 1.165) is 5.92 Å². The van der Waals surface area contributed by atoms with Gasteiger partial charge in [-0.25, -0.2) is 9.18 Å². The van der Waals surface area contributed by atoms with E-state index in [0.29, 0.717) is 17.0 Å². The predicted molar refractivity (Wildman–Crippen MR) is 97.5 cm³/mol. The van der Waals surface area contributed by atoms with Gasteiger partial charge in [0.25, 0.3) is 0 Å². The van der Waals surface area contributed by atoms with Gasteiger partial charge >= 0.3 is 5.97 Å². The summed E-state index contributed by atoms with van der Waals surface area (Å²) in [6.45, 7) is 3.94. The lowest BCUT2D eigenvalue weighted by Gasteiger charge is -2.28. The Labute approximate surface area is 149 Å². The molecule has 0 radical (unpaired) electrons. The summed E-state index contributed by atoms with van der Waals surface area (Å²) >= 11 is 0. The minimum atomic E-state index is -0.454. The fraction of sp³-hybridized carbons (Fsp3) is 0.409. The van der Waals surface area contributed by atoms with Crippen molar-refractivity contribution in [2.75, 3.05) is 0 Å². The highest BCUT2D eigenvalue weighted by molar-refractivity contribution is 5.91. The standard InChI is InChI=1S/C22H25FO2/c1-3-16-5-7-17(8-6-16)18-9-11-19(12-10-18)22(24)25-20-13-4-15(2)21(23)14-20/h4,9-14,16-17H,3,5-8H2,1-2H3. The van der Waals surface area contributed by atoms with Crippen molar-refractivity contribution in [2.45, 2.75) is 51.9 Å². The molecule has 1 aliphatic carbocycles. The molecule has 25 heavy (non-hydrogen) atoms. The summed E-state index contributed by atoms with van der Waals surface area (Å²) in [6.07, 6.45) is 6.32. The second-order valence-electron chi connectivity index (χ2n) is 7.05. The molecule has 1 fully saturated rings. The van der Waals surface area contributed by atoms with Gasteiger partial charge in [0.15, 0.2) is 0 Å². The number of carbonyl (C=O) groups is 1. The van der Waals surface area contributed by atoms with Gasteiger partial charge < -0.3 is 4.74 Å². The third-order valence-corrected chi connectivity index (χ3v) is 5.40. The minimum absolute atomic E-state index is 0.232. The van der Waals surface area contributed by atoms with Crippen molar-refractivity contribution in [1.29, 1.82) is 0 Å². The lowest BCUT2D eigenvalue weighted by molar-refractivity contribution is 0.0734. The van der Waals surface area contributed by atoms with Gasteiger partial charge in [-0.05, 0) is 73.8 Å². The Morgan fingerprint density at radius 1 is 1.08 bits per heavy atom. The molecule has 1 saturated carbocycles. The van der Waals surface area contributed by atoms with Crippen molar-refractivity contribution in [3.63, 3.8) is 0 Å². The molecule has 2 nitrogen and oxygen atoms in total. The van der Waals surface area contributed by atoms with Crippen molar-refractivity contribution < 1.29 is 13.9 Å². The highest BCUT2D eigenvalue weighted by atomic mass is 19.1. The van der Waals surface area contributed by atoms with Crippen molar-refractivity contribution in [3.8, 4) is 5.75 Å². The zero-order valence-electron chi connectivity index (χ0n) is 14.9. The molecule has 0 aliphatic heterocycles. The van der Waals surface area contributed by atoms with Crippen LogP contribution in [0.2, 0.25) is 0 Å². The molecular weight excluding hydrogens is 315 g/mol. The first kappa shape index (κ1) is 17.7. The SMILES string of the molecule is CCC1CCC(c2ccc(C(=O)Oc3ccc(C)c(F)c3)cc2)CC1. The van der Waals surface area contributed by atoms with Gasteiger partial charge in [-0.15, -0.1) is 0 Å². The molecule has 132 valence electrons. The molecule has 0 saturated heterocycles. The van der Waals surface area contributed by atoms with Crippen molar-refractivity contribution >= 4 is 5.97 Å². The van der Waals surface area contributed by atoms with E-state index in [1.807, 2.05) is 24.3 Å². The van der Waals surface area contributed by atoms with Gasteiger partial charge in [0.2, 0.25) is 0 Å². The van der Waals surface area contributed by atoms with Gasteiger partial charge in [-0.1, -0.05) is 31.5 Å². The number of rotatable bonds is 4. The molecule has 0 spiro atoms. The summed E-state index contributed by atoms with van der Waals surface area (Å²) in [6, 6.07) is 12.1. The second kappa shape index (κ2) is 7.81. The number of carbonyl (C=O) groups excluding carboxylic acids is 1. The maximum Gasteiger partial charge on any atom is 0.343 e. The molecule has 1 aliphatic rings. The lowest BCUT2D eigenvalue weighted by Crippen LogP contribution is -2.13. The largest absolute Gasteiger partial charge is 0.423 e. The zero-order chi connectivity index (χ0) is 17.8. The average Bonchev–Trinajstić information content (AvgIpc) is 2.65. The van der Waals surface area contributed by atoms with Crippen LogP contribution >= 0.6 is 0 Å². The second-order valence-corrected chi connectivity index (χ2v) is 7.05. The molecule has 3 heteroatoms. The van der Waals surface area contributed by atoms with Crippen LogP contribution < -0.4 is 4.74 Å². The van der Waals surface area contributed by atoms with E-state index in [1.165, 1.54) is 43.7 Å². The van der Waals surface area contributed by atoms with Crippen molar-refractivity contribution in [1.82, 2.24) is 0 Å². The van der Waals surface area contributed by atoms with E-state index in [4.69, 9.17) is 4.74 Å². The Morgan fingerprint density at radius 2 is 1.76 bits per heavy atom. The summed E-state index contributed by atoms with van der Waals surface area (Å²) in [5.74, 6) is 0.877. The van der Waals surface area contributed by atoms with E-state index in [2.05, 4.69) is 6.92 Å². The van der Waals surface area contributed by atoms with Gasteiger partial charge in [-0.3, -0.25) is 0 Å². The summed E-state index contributed by atoms with van der Waals surface area (Å²) in [5.41, 5.74) is 2.32. The molecule has 2 aromatic carbocycles. The van der Waals surface area contributed by atoms with Crippen LogP contribution in [0.3, 0.4) is 0 Å². The van der Waals surface area contributed by atoms with Crippen LogP contribution in [0.1, 0.15) is 66.4 Å². The number of benzene rings is 2. The Morgan fingerprint density at radius 3 is 2.36 bits per heavy atom. The van der Waals surface area contributed by atoms with Crippen LogP contribution in [-0.4, -0.2) is 5.97 Å². The Bertz CT molecular complexity index is 728. The zero-order valence-corrected chi connectivity index (χ0v) is 14.9. The monoisotopic (exact) mass is 340 g/mol. The van der Waals surface area contributed by atoms with Crippen LogP contribution in [0.5, 0.6) is 5.75 Å². The van der Waals surface area contributed by atoms with Crippen LogP contribution in [0.25, 0.3) is 0 Å². The maximum absolute atomic E-state index is 13.6. The van der Waals surface area contributed by atoms with E-state index in [1.54, 1.807) is 19.1 Å². The molecular formula is C22H25FO2. The smallest absolute Gasteiger partial charge is 0.343 e. The van der Waals surface area contributed by atoms with Gasteiger partial charge in [0.1, 0.15) is 11.6 Å². The first-order chi connectivity index (χ1) is 12.1. The van der Waals surface area contributed by atoms with E-state index < -0.39 is 5.97 Å². The first-order valence-electron chi connectivity index (χ1n) is 9.15. The van der Waals surface area contributed by atoms with E-state index in [9.17, 15) is 9.18 Å². The van der Waals surface area contributed by atoms with Gasteiger partial charge in [-0.2, -0.15) is 0 Å². The summed E-state index contributed by atoms with van der Waals surface area (Å²) < 4.78 is 18.8. The fourth-order valence-corrected chi connectivity index (χ4v) is 3.60. The Balaban J connectivity index is 1.63. The molecule has 0 N–H and O–H groups in total. The summed E-state index contributed by atoms with van der Waals surface area (Å²) in [5, 5.41) is 0. The van der Waals surface area contributed by atoms with Crippen molar-refractivity contribution in [3.05, 3.63) is 65.0 Å². The van der Waals surface area contributed by atoms with E-state index in [-0.39, 0.29) is 11.6 Å². The predicted octanol–water partition coefficient (Wildman–Crippen LogP) is 6.04. The van der Waals surface area contributed by atoms with Crippen molar-refractivity contribution in [2.24, 2.45) is 5.92 Å². The number of aryl methyl sites for hydroxylation is 1. The highest BCUT2D eigenvalue weighted by Gasteiger charge is 2.21. The number of hydrogen-bond acceptors (Lipinski definition) is 2. The molecule has 3 rings (SSSR count). The van der Waals surface area contributed by atoms with Gasteiger partial charge in [0.05, 0.1) is 5.56 Å². The molecule has 0 amide bonds. The summed E-state index contributed by atoms with van der Waals surface area (Å²) in [7, 11) is 0. The number of hydrogen-bond donors (Lipinski definition) is 0.